The molecule has 0 saturated heterocycles. The lowest BCUT2D eigenvalue weighted by atomic mass is 10.2. The van der Waals surface area contributed by atoms with E-state index < -0.39 is 0 Å². The van der Waals surface area contributed by atoms with Gasteiger partial charge in [-0.25, -0.2) is 9.97 Å². The molecule has 0 atom stereocenters. The molecule has 4 aromatic rings. The van der Waals surface area contributed by atoms with Gasteiger partial charge in [0.15, 0.2) is 11.4 Å². The molecule has 3 heterocycles. The van der Waals surface area contributed by atoms with Crippen molar-refractivity contribution in [1.82, 2.24) is 19.6 Å². The van der Waals surface area contributed by atoms with E-state index in [1.807, 2.05) is 26.0 Å². The Balaban J connectivity index is 2.08. The van der Waals surface area contributed by atoms with Crippen molar-refractivity contribution in [3.05, 3.63) is 40.6 Å². The van der Waals surface area contributed by atoms with Crippen LogP contribution in [-0.4, -0.2) is 19.6 Å². The highest BCUT2D eigenvalue weighted by molar-refractivity contribution is 6.31. The lowest BCUT2D eigenvalue weighted by Gasteiger charge is -2.02. The van der Waals surface area contributed by atoms with Crippen LogP contribution in [0.5, 0.6) is 0 Å². The first-order chi connectivity index (χ1) is 10.5. The molecular weight excluding hydrogens is 302 g/mol. The van der Waals surface area contributed by atoms with E-state index in [2.05, 4.69) is 15.1 Å². The first-order valence-corrected chi connectivity index (χ1v) is 7.09. The predicted octanol–water partition coefficient (Wildman–Crippen LogP) is 3.39. The summed E-state index contributed by atoms with van der Waals surface area (Å²) in [6.45, 7) is 3.84. The lowest BCUT2D eigenvalue weighted by Crippen LogP contribution is -2.02. The number of halogens is 1. The van der Waals surface area contributed by atoms with Gasteiger partial charge in [0.2, 0.25) is 11.8 Å². The number of anilines is 1. The Morgan fingerprint density at radius 1 is 1.18 bits per heavy atom. The number of rotatable bonds is 1. The maximum absolute atomic E-state index is 6.08. The number of aryl methyl sites for hydroxylation is 2. The third-order valence-electron chi connectivity index (χ3n) is 3.50. The molecule has 22 heavy (non-hydrogen) atoms. The van der Waals surface area contributed by atoms with Crippen LogP contribution in [0, 0.1) is 13.8 Å². The van der Waals surface area contributed by atoms with Gasteiger partial charge in [0.1, 0.15) is 5.76 Å². The number of furan rings is 1. The molecular formula is C15H12ClN5O. The second-order valence-corrected chi connectivity index (χ2v) is 5.61. The van der Waals surface area contributed by atoms with Crippen LogP contribution >= 0.6 is 11.6 Å². The number of hydrogen-bond acceptors (Lipinski definition) is 5. The van der Waals surface area contributed by atoms with E-state index >= 15 is 0 Å². The number of benzene rings is 1. The van der Waals surface area contributed by atoms with Gasteiger partial charge in [-0.05, 0) is 43.7 Å². The van der Waals surface area contributed by atoms with Crippen molar-refractivity contribution in [3.8, 4) is 11.6 Å². The number of aromatic nitrogens is 4. The zero-order valence-electron chi connectivity index (χ0n) is 12.0. The van der Waals surface area contributed by atoms with Gasteiger partial charge in [-0.15, -0.1) is 5.10 Å². The Labute approximate surface area is 130 Å². The van der Waals surface area contributed by atoms with Gasteiger partial charge in [-0.1, -0.05) is 11.6 Å². The van der Waals surface area contributed by atoms with E-state index in [-0.39, 0.29) is 5.95 Å². The summed E-state index contributed by atoms with van der Waals surface area (Å²) in [5, 5.41) is 5.82. The molecule has 4 rings (SSSR count). The number of fused-ring (bicyclic) bond motifs is 3. The van der Waals surface area contributed by atoms with Crippen LogP contribution in [0.15, 0.2) is 28.7 Å². The zero-order valence-corrected chi connectivity index (χ0v) is 12.7. The van der Waals surface area contributed by atoms with E-state index in [1.54, 1.807) is 12.1 Å². The second-order valence-electron chi connectivity index (χ2n) is 5.17. The Hall–Kier alpha value is -2.60. The Kier molecular flexibility index (Phi) is 2.65. The van der Waals surface area contributed by atoms with E-state index in [1.165, 1.54) is 4.52 Å². The number of hydrogen-bond donors (Lipinski definition) is 1. The topological polar surface area (TPSA) is 82.2 Å². The Morgan fingerprint density at radius 3 is 2.73 bits per heavy atom. The van der Waals surface area contributed by atoms with Crippen LogP contribution in [0.2, 0.25) is 5.02 Å². The van der Waals surface area contributed by atoms with Crippen molar-refractivity contribution in [2.45, 2.75) is 13.8 Å². The molecule has 0 radical (unpaired) electrons. The normalized spacial score (nSPS) is 11.6. The fourth-order valence-corrected chi connectivity index (χ4v) is 2.73. The summed E-state index contributed by atoms with van der Waals surface area (Å²) >= 11 is 6.08. The molecule has 0 bridgehead atoms. The van der Waals surface area contributed by atoms with E-state index in [4.69, 9.17) is 21.8 Å². The predicted molar refractivity (Wildman–Crippen MR) is 84.9 cm³/mol. The molecule has 2 N–H and O–H groups in total. The molecule has 3 aromatic heterocycles. The van der Waals surface area contributed by atoms with Crippen molar-refractivity contribution in [1.29, 1.82) is 0 Å². The SMILES string of the molecule is Cc1cc(C)c(-c2nc3c4cc(Cl)ccc4nc(N)n3n2)o1. The average molecular weight is 314 g/mol. The van der Waals surface area contributed by atoms with Gasteiger partial charge < -0.3 is 10.2 Å². The van der Waals surface area contributed by atoms with Crippen LogP contribution < -0.4 is 5.73 Å². The second kappa shape index (κ2) is 4.45. The first-order valence-electron chi connectivity index (χ1n) is 6.72. The van der Waals surface area contributed by atoms with Crippen LogP contribution in [-0.2, 0) is 0 Å². The zero-order chi connectivity index (χ0) is 15.4. The molecule has 7 heteroatoms. The maximum atomic E-state index is 6.08. The summed E-state index contributed by atoms with van der Waals surface area (Å²) in [5.41, 5.74) is 8.28. The summed E-state index contributed by atoms with van der Waals surface area (Å²) < 4.78 is 7.19. The number of nitrogens with zero attached hydrogens (tertiary/aromatic N) is 4. The van der Waals surface area contributed by atoms with E-state index in [0.717, 1.165) is 22.2 Å². The standard InChI is InChI=1S/C15H12ClN5O/c1-7-5-8(2)22-12(7)13-19-14-10-6-9(16)3-4-11(10)18-15(17)21(14)20-13/h3-6H,1-2H3,(H2,17,18). The van der Waals surface area contributed by atoms with Crippen molar-refractivity contribution in [2.75, 3.05) is 5.73 Å². The molecule has 0 aliphatic rings. The summed E-state index contributed by atoms with van der Waals surface area (Å²) in [5.74, 6) is 2.19. The van der Waals surface area contributed by atoms with E-state index in [9.17, 15) is 0 Å². The van der Waals surface area contributed by atoms with Crippen molar-refractivity contribution < 1.29 is 4.42 Å². The van der Waals surface area contributed by atoms with Gasteiger partial charge in [0, 0.05) is 10.4 Å². The molecule has 0 aliphatic heterocycles. The van der Waals surface area contributed by atoms with Gasteiger partial charge in [-0.2, -0.15) is 4.52 Å². The van der Waals surface area contributed by atoms with Crippen molar-refractivity contribution in [2.24, 2.45) is 0 Å². The molecule has 0 aliphatic carbocycles. The average Bonchev–Trinajstić information content (AvgIpc) is 3.04. The van der Waals surface area contributed by atoms with Crippen LogP contribution in [0.25, 0.3) is 28.1 Å². The highest BCUT2D eigenvalue weighted by Gasteiger charge is 2.17. The number of nitrogen functional groups attached to an aromatic ring is 1. The fourth-order valence-electron chi connectivity index (χ4n) is 2.56. The Morgan fingerprint density at radius 2 is 2.00 bits per heavy atom. The minimum atomic E-state index is 0.268. The molecule has 110 valence electrons. The third-order valence-corrected chi connectivity index (χ3v) is 3.74. The summed E-state index contributed by atoms with van der Waals surface area (Å²) in [6.07, 6.45) is 0. The largest absolute Gasteiger partial charge is 0.458 e. The Bertz CT molecular complexity index is 1030. The van der Waals surface area contributed by atoms with Crippen molar-refractivity contribution >= 4 is 34.1 Å². The minimum absolute atomic E-state index is 0.268. The first kappa shape index (κ1) is 13.1. The number of nitrogens with two attached hydrogens (primary N) is 1. The highest BCUT2D eigenvalue weighted by atomic mass is 35.5. The third kappa shape index (κ3) is 1.84. The fraction of sp³-hybridized carbons (Fsp3) is 0.133. The summed E-state index contributed by atoms with van der Waals surface area (Å²) in [4.78, 5) is 8.90. The molecule has 6 nitrogen and oxygen atoms in total. The molecule has 0 spiro atoms. The van der Waals surface area contributed by atoms with Crippen LogP contribution in [0.4, 0.5) is 5.95 Å². The molecule has 0 amide bonds. The summed E-state index contributed by atoms with van der Waals surface area (Å²) in [7, 11) is 0. The van der Waals surface area contributed by atoms with Gasteiger partial charge >= 0.3 is 0 Å². The smallest absolute Gasteiger partial charge is 0.223 e. The lowest BCUT2D eigenvalue weighted by molar-refractivity contribution is 0.543. The van der Waals surface area contributed by atoms with Gasteiger partial charge in [0.25, 0.3) is 0 Å². The van der Waals surface area contributed by atoms with Gasteiger partial charge in [-0.3, -0.25) is 0 Å². The molecule has 1 aromatic carbocycles. The monoisotopic (exact) mass is 313 g/mol. The maximum Gasteiger partial charge on any atom is 0.223 e. The molecule has 0 unspecified atom stereocenters. The highest BCUT2D eigenvalue weighted by Crippen LogP contribution is 2.28. The van der Waals surface area contributed by atoms with E-state index in [0.29, 0.717) is 22.3 Å². The van der Waals surface area contributed by atoms with Crippen LogP contribution in [0.3, 0.4) is 0 Å². The minimum Gasteiger partial charge on any atom is -0.458 e. The molecule has 0 saturated carbocycles. The van der Waals surface area contributed by atoms with Crippen molar-refractivity contribution in [3.63, 3.8) is 0 Å². The van der Waals surface area contributed by atoms with Gasteiger partial charge in [0.05, 0.1) is 5.52 Å². The quantitative estimate of drug-likeness (QED) is 0.582. The summed E-state index contributed by atoms with van der Waals surface area (Å²) in [6, 6.07) is 7.32. The van der Waals surface area contributed by atoms with Crippen LogP contribution in [0.1, 0.15) is 11.3 Å². The molecule has 0 fully saturated rings.